The lowest BCUT2D eigenvalue weighted by molar-refractivity contribution is 0.300. The number of benzene rings is 2. The Morgan fingerprint density at radius 1 is 1.04 bits per heavy atom. The number of hydrogen-bond donors (Lipinski definition) is 0. The molecule has 0 fully saturated rings. The normalized spacial score (nSPS) is 11.3. The van der Waals surface area contributed by atoms with Gasteiger partial charge in [-0.1, -0.05) is 18.2 Å². The monoisotopic (exact) mass is 329 g/mol. The molecule has 0 amide bonds. The van der Waals surface area contributed by atoms with Crippen molar-refractivity contribution in [2.45, 2.75) is 11.5 Å². The highest BCUT2D eigenvalue weighted by molar-refractivity contribution is 7.90. The Morgan fingerprint density at radius 3 is 2.39 bits per heavy atom. The number of rotatable bonds is 5. The van der Waals surface area contributed by atoms with E-state index < -0.39 is 9.84 Å². The zero-order valence-electron chi connectivity index (χ0n) is 12.5. The van der Waals surface area contributed by atoms with Crippen LogP contribution in [0.15, 0.2) is 65.7 Å². The average Bonchev–Trinajstić information content (AvgIpc) is 3.02. The SMILES string of the molecule is CS(=O)(=O)c1ccc(OCc2cnn(-c3ccccc3)n2)cc1. The molecule has 0 bridgehead atoms. The number of ether oxygens (including phenoxy) is 1. The Bertz CT molecular complexity index is 888. The van der Waals surface area contributed by atoms with Gasteiger partial charge in [0.1, 0.15) is 18.1 Å². The van der Waals surface area contributed by atoms with Gasteiger partial charge in [0.25, 0.3) is 0 Å². The van der Waals surface area contributed by atoms with Crippen LogP contribution in [0.3, 0.4) is 0 Å². The molecule has 1 aromatic heterocycles. The summed E-state index contributed by atoms with van der Waals surface area (Å²) in [5, 5.41) is 8.53. The van der Waals surface area contributed by atoms with Gasteiger partial charge >= 0.3 is 0 Å². The van der Waals surface area contributed by atoms with Crippen LogP contribution in [-0.2, 0) is 16.4 Å². The van der Waals surface area contributed by atoms with Gasteiger partial charge in [-0.3, -0.25) is 0 Å². The zero-order valence-corrected chi connectivity index (χ0v) is 13.3. The van der Waals surface area contributed by atoms with Crippen LogP contribution in [0.1, 0.15) is 5.69 Å². The molecule has 0 saturated carbocycles. The third-order valence-electron chi connectivity index (χ3n) is 3.17. The van der Waals surface area contributed by atoms with E-state index in [1.807, 2.05) is 30.3 Å². The Kier molecular flexibility index (Phi) is 4.12. The lowest BCUT2D eigenvalue weighted by Crippen LogP contribution is -2.01. The molecule has 1 heterocycles. The topological polar surface area (TPSA) is 74.1 Å². The van der Waals surface area contributed by atoms with E-state index in [1.54, 1.807) is 18.3 Å². The van der Waals surface area contributed by atoms with Crippen LogP contribution in [0.2, 0.25) is 0 Å². The van der Waals surface area contributed by atoms with Gasteiger partial charge < -0.3 is 4.74 Å². The zero-order chi connectivity index (χ0) is 16.3. The smallest absolute Gasteiger partial charge is 0.175 e. The summed E-state index contributed by atoms with van der Waals surface area (Å²) in [6.07, 6.45) is 2.81. The molecular weight excluding hydrogens is 314 g/mol. The minimum Gasteiger partial charge on any atom is -0.487 e. The first kappa shape index (κ1) is 15.2. The third-order valence-corrected chi connectivity index (χ3v) is 4.29. The second-order valence-electron chi connectivity index (χ2n) is 4.99. The first-order chi connectivity index (χ1) is 11.0. The van der Waals surface area contributed by atoms with Crippen LogP contribution in [0, 0.1) is 0 Å². The van der Waals surface area contributed by atoms with Gasteiger partial charge in [-0.05, 0) is 36.4 Å². The van der Waals surface area contributed by atoms with Crippen molar-refractivity contribution in [3.8, 4) is 11.4 Å². The molecule has 0 N–H and O–H groups in total. The summed E-state index contributed by atoms with van der Waals surface area (Å²) in [5.74, 6) is 0.576. The average molecular weight is 329 g/mol. The van der Waals surface area contributed by atoms with E-state index in [1.165, 1.54) is 23.2 Å². The molecule has 0 saturated heterocycles. The largest absolute Gasteiger partial charge is 0.487 e. The molecule has 118 valence electrons. The number of para-hydroxylation sites is 1. The van der Waals surface area contributed by atoms with Crippen LogP contribution >= 0.6 is 0 Å². The summed E-state index contributed by atoms with van der Waals surface area (Å²) < 4.78 is 28.4. The van der Waals surface area contributed by atoms with E-state index in [0.29, 0.717) is 11.4 Å². The molecule has 2 aromatic carbocycles. The van der Waals surface area contributed by atoms with Gasteiger partial charge in [0.2, 0.25) is 0 Å². The van der Waals surface area contributed by atoms with Crippen molar-refractivity contribution in [2.75, 3.05) is 6.26 Å². The Labute approximate surface area is 134 Å². The Balaban J connectivity index is 1.66. The Hall–Kier alpha value is -2.67. The van der Waals surface area contributed by atoms with Crippen LogP contribution < -0.4 is 4.74 Å². The van der Waals surface area contributed by atoms with Crippen LogP contribution in [0.5, 0.6) is 5.75 Å². The van der Waals surface area contributed by atoms with E-state index in [9.17, 15) is 8.42 Å². The predicted molar refractivity (Wildman–Crippen MR) is 85.2 cm³/mol. The molecule has 0 spiro atoms. The lowest BCUT2D eigenvalue weighted by atomic mass is 10.3. The van der Waals surface area contributed by atoms with Crippen molar-refractivity contribution >= 4 is 9.84 Å². The van der Waals surface area contributed by atoms with E-state index in [4.69, 9.17) is 4.74 Å². The molecule has 0 aliphatic heterocycles. The van der Waals surface area contributed by atoms with Gasteiger partial charge in [-0.2, -0.15) is 9.90 Å². The highest BCUT2D eigenvalue weighted by Crippen LogP contribution is 2.16. The van der Waals surface area contributed by atoms with Crippen molar-refractivity contribution in [2.24, 2.45) is 0 Å². The van der Waals surface area contributed by atoms with Gasteiger partial charge in [0.15, 0.2) is 9.84 Å². The minimum absolute atomic E-state index is 0.255. The third kappa shape index (κ3) is 3.75. The molecule has 3 rings (SSSR count). The summed E-state index contributed by atoms with van der Waals surface area (Å²) in [4.78, 5) is 1.80. The van der Waals surface area contributed by atoms with E-state index in [-0.39, 0.29) is 11.5 Å². The minimum atomic E-state index is -3.20. The fraction of sp³-hybridized carbons (Fsp3) is 0.125. The maximum atomic E-state index is 11.4. The van der Waals surface area contributed by atoms with Gasteiger partial charge in [-0.25, -0.2) is 8.42 Å². The van der Waals surface area contributed by atoms with Crippen molar-refractivity contribution in [3.05, 3.63) is 66.5 Å². The molecule has 7 heteroatoms. The Morgan fingerprint density at radius 2 is 1.74 bits per heavy atom. The predicted octanol–water partition coefficient (Wildman–Crippen LogP) is 2.25. The standard InChI is InChI=1S/C16H15N3O3S/c1-23(20,21)16-9-7-15(8-10-16)22-12-13-11-17-19(18-13)14-5-3-2-4-6-14/h2-11H,12H2,1H3. The molecule has 0 radical (unpaired) electrons. The van der Waals surface area contributed by atoms with Gasteiger partial charge in [0.05, 0.1) is 16.8 Å². The number of aromatic nitrogens is 3. The summed E-state index contributed by atoms with van der Waals surface area (Å²) in [5.41, 5.74) is 1.55. The number of sulfone groups is 1. The van der Waals surface area contributed by atoms with E-state index in [2.05, 4.69) is 10.2 Å². The van der Waals surface area contributed by atoms with Gasteiger partial charge in [0, 0.05) is 6.26 Å². The molecule has 3 aromatic rings. The van der Waals surface area contributed by atoms with E-state index >= 15 is 0 Å². The van der Waals surface area contributed by atoms with Crippen LogP contribution in [0.25, 0.3) is 5.69 Å². The fourth-order valence-corrected chi connectivity index (χ4v) is 2.62. The lowest BCUT2D eigenvalue weighted by Gasteiger charge is -2.04. The van der Waals surface area contributed by atoms with Crippen molar-refractivity contribution in [3.63, 3.8) is 0 Å². The second kappa shape index (κ2) is 6.21. The van der Waals surface area contributed by atoms with Crippen molar-refractivity contribution in [1.29, 1.82) is 0 Å². The first-order valence-corrected chi connectivity index (χ1v) is 8.81. The highest BCUT2D eigenvalue weighted by Gasteiger charge is 2.07. The maximum absolute atomic E-state index is 11.4. The molecule has 0 aliphatic carbocycles. The summed E-state index contributed by atoms with van der Waals surface area (Å²) in [6.45, 7) is 0.255. The van der Waals surface area contributed by atoms with Crippen molar-refractivity contribution in [1.82, 2.24) is 15.0 Å². The number of hydrogen-bond acceptors (Lipinski definition) is 5. The van der Waals surface area contributed by atoms with Crippen LogP contribution in [-0.4, -0.2) is 29.7 Å². The summed E-state index contributed by atoms with van der Waals surface area (Å²) >= 11 is 0. The number of nitrogens with zero attached hydrogens (tertiary/aromatic N) is 3. The summed E-state index contributed by atoms with van der Waals surface area (Å²) in [7, 11) is -3.20. The second-order valence-corrected chi connectivity index (χ2v) is 7.01. The molecule has 0 atom stereocenters. The van der Waals surface area contributed by atoms with Gasteiger partial charge in [-0.15, -0.1) is 5.10 Å². The molecular formula is C16H15N3O3S. The van der Waals surface area contributed by atoms with E-state index in [0.717, 1.165) is 5.69 Å². The summed E-state index contributed by atoms with van der Waals surface area (Å²) in [6, 6.07) is 15.9. The molecule has 0 unspecified atom stereocenters. The molecule has 6 nitrogen and oxygen atoms in total. The molecule has 0 aliphatic rings. The van der Waals surface area contributed by atoms with Crippen LogP contribution in [0.4, 0.5) is 0 Å². The highest BCUT2D eigenvalue weighted by atomic mass is 32.2. The quantitative estimate of drug-likeness (QED) is 0.718. The van der Waals surface area contributed by atoms with Crippen molar-refractivity contribution < 1.29 is 13.2 Å². The maximum Gasteiger partial charge on any atom is 0.175 e. The fourth-order valence-electron chi connectivity index (χ4n) is 1.99. The molecule has 23 heavy (non-hydrogen) atoms. The first-order valence-electron chi connectivity index (χ1n) is 6.92.